The average molecular weight is 304 g/mol. The fraction of sp³-hybridized carbons (Fsp3) is 0.188. The van der Waals surface area contributed by atoms with Crippen LogP contribution in [0.5, 0.6) is 5.75 Å². The largest absolute Gasteiger partial charge is 0.493 e. The molecule has 0 aliphatic rings. The Morgan fingerprint density at radius 3 is 2.43 bits per heavy atom. The maximum atomic E-state index is 11.9. The van der Waals surface area contributed by atoms with Crippen molar-refractivity contribution in [3.05, 3.63) is 60.2 Å². The number of ether oxygens (including phenoxy) is 1. The van der Waals surface area contributed by atoms with E-state index in [9.17, 15) is 13.2 Å². The first-order valence-corrected chi connectivity index (χ1v) is 8.37. The van der Waals surface area contributed by atoms with Crippen LogP contribution in [-0.2, 0) is 9.84 Å². The molecule has 0 heterocycles. The Morgan fingerprint density at radius 1 is 1.05 bits per heavy atom. The highest BCUT2D eigenvalue weighted by Gasteiger charge is 2.09. The fourth-order valence-corrected chi connectivity index (χ4v) is 2.48. The first-order valence-electron chi connectivity index (χ1n) is 6.48. The van der Waals surface area contributed by atoms with Crippen LogP contribution >= 0.6 is 0 Å². The number of carbonyl (C=O) groups is 1. The molecule has 0 fully saturated rings. The maximum Gasteiger partial charge on any atom is 0.175 e. The summed E-state index contributed by atoms with van der Waals surface area (Å²) in [5.41, 5.74) is 0.644. The molecule has 0 amide bonds. The molecule has 0 saturated heterocycles. The second-order valence-corrected chi connectivity index (χ2v) is 6.65. The summed E-state index contributed by atoms with van der Waals surface area (Å²) in [4.78, 5) is 12.1. The number of hydrogen-bond acceptors (Lipinski definition) is 4. The second-order valence-electron chi connectivity index (χ2n) is 4.63. The summed E-state index contributed by atoms with van der Waals surface area (Å²) in [6.45, 7) is 0.209. The summed E-state index contributed by atoms with van der Waals surface area (Å²) in [7, 11) is -3.26. The van der Waals surface area contributed by atoms with Gasteiger partial charge >= 0.3 is 0 Å². The van der Waals surface area contributed by atoms with E-state index in [-0.39, 0.29) is 23.7 Å². The number of carbonyl (C=O) groups excluding carboxylic acids is 1. The molecule has 5 heteroatoms. The Kier molecular flexibility index (Phi) is 4.75. The number of ketones is 1. The Morgan fingerprint density at radius 2 is 1.76 bits per heavy atom. The van der Waals surface area contributed by atoms with Crippen molar-refractivity contribution >= 4 is 15.6 Å². The first kappa shape index (κ1) is 15.3. The molecule has 0 aliphatic carbocycles. The molecule has 2 rings (SSSR count). The normalized spacial score (nSPS) is 11.1. The lowest BCUT2D eigenvalue weighted by atomic mass is 10.1. The van der Waals surface area contributed by atoms with Gasteiger partial charge in [-0.25, -0.2) is 8.42 Å². The molecule has 0 radical (unpaired) electrons. The monoisotopic (exact) mass is 304 g/mol. The topological polar surface area (TPSA) is 60.4 Å². The lowest BCUT2D eigenvalue weighted by Gasteiger charge is -2.07. The number of benzene rings is 2. The van der Waals surface area contributed by atoms with Crippen LogP contribution in [0.25, 0.3) is 0 Å². The standard InChI is InChI=1S/C16H16O4S/c1-21(18,19)15-9-5-8-14(12-15)20-11-10-16(17)13-6-3-2-4-7-13/h2-9,12H,10-11H2,1H3. The zero-order valence-corrected chi connectivity index (χ0v) is 12.5. The highest BCUT2D eigenvalue weighted by Crippen LogP contribution is 2.17. The van der Waals surface area contributed by atoms with Gasteiger partial charge in [-0.05, 0) is 18.2 Å². The molecule has 2 aromatic rings. The summed E-state index contributed by atoms with van der Waals surface area (Å²) in [5.74, 6) is 0.439. The minimum Gasteiger partial charge on any atom is -0.493 e. The van der Waals surface area contributed by atoms with Gasteiger partial charge in [0.1, 0.15) is 5.75 Å². The van der Waals surface area contributed by atoms with Crippen molar-refractivity contribution in [2.24, 2.45) is 0 Å². The molecule has 0 spiro atoms. The van der Waals surface area contributed by atoms with Crippen LogP contribution < -0.4 is 4.74 Å². The zero-order chi connectivity index (χ0) is 15.3. The molecule has 0 unspecified atom stereocenters. The van der Waals surface area contributed by atoms with E-state index in [0.29, 0.717) is 11.3 Å². The van der Waals surface area contributed by atoms with Gasteiger partial charge in [0.15, 0.2) is 15.6 Å². The molecule has 0 N–H and O–H groups in total. The fourth-order valence-electron chi connectivity index (χ4n) is 1.82. The highest BCUT2D eigenvalue weighted by atomic mass is 32.2. The van der Waals surface area contributed by atoms with Gasteiger partial charge in [0, 0.05) is 18.2 Å². The summed E-state index contributed by atoms with van der Waals surface area (Å²) in [6.07, 6.45) is 1.39. The quantitative estimate of drug-likeness (QED) is 0.770. The molecule has 21 heavy (non-hydrogen) atoms. The van der Waals surface area contributed by atoms with Crippen molar-refractivity contribution in [2.75, 3.05) is 12.9 Å². The van der Waals surface area contributed by atoms with Crippen LogP contribution in [0.4, 0.5) is 0 Å². The van der Waals surface area contributed by atoms with Gasteiger partial charge in [0.25, 0.3) is 0 Å². The van der Waals surface area contributed by atoms with Gasteiger partial charge in [-0.2, -0.15) is 0 Å². The Labute approximate surface area is 124 Å². The average Bonchev–Trinajstić information content (AvgIpc) is 2.47. The molecular formula is C16H16O4S. The van der Waals surface area contributed by atoms with Gasteiger partial charge in [-0.3, -0.25) is 4.79 Å². The van der Waals surface area contributed by atoms with Crippen molar-refractivity contribution in [2.45, 2.75) is 11.3 Å². The van der Waals surface area contributed by atoms with Crippen molar-refractivity contribution in [1.29, 1.82) is 0 Å². The summed E-state index contributed by atoms with van der Waals surface area (Å²) >= 11 is 0. The van der Waals surface area contributed by atoms with Crippen molar-refractivity contribution in [3.63, 3.8) is 0 Å². The molecule has 110 valence electrons. The molecule has 0 atom stereocenters. The van der Waals surface area contributed by atoms with Crippen molar-refractivity contribution in [1.82, 2.24) is 0 Å². The van der Waals surface area contributed by atoms with E-state index in [1.165, 1.54) is 12.1 Å². The van der Waals surface area contributed by atoms with Crippen LogP contribution in [0, 0.1) is 0 Å². The Balaban J connectivity index is 1.94. The summed E-state index contributed by atoms with van der Waals surface area (Å²) in [5, 5.41) is 0. The van der Waals surface area contributed by atoms with E-state index in [1.807, 2.05) is 18.2 Å². The molecule has 0 aliphatic heterocycles. The van der Waals surface area contributed by atoms with E-state index in [2.05, 4.69) is 0 Å². The van der Waals surface area contributed by atoms with Gasteiger partial charge < -0.3 is 4.74 Å². The van der Waals surface area contributed by atoms with Crippen LogP contribution in [0.3, 0.4) is 0 Å². The van der Waals surface area contributed by atoms with Crippen molar-refractivity contribution in [3.8, 4) is 5.75 Å². The Hall–Kier alpha value is -2.14. The predicted molar refractivity (Wildman–Crippen MR) is 80.4 cm³/mol. The van der Waals surface area contributed by atoms with E-state index < -0.39 is 9.84 Å². The van der Waals surface area contributed by atoms with E-state index in [1.54, 1.807) is 24.3 Å². The highest BCUT2D eigenvalue weighted by molar-refractivity contribution is 7.90. The third-order valence-electron chi connectivity index (χ3n) is 2.93. The lowest BCUT2D eigenvalue weighted by Crippen LogP contribution is -2.07. The van der Waals surface area contributed by atoms with Crippen LogP contribution in [0.2, 0.25) is 0 Å². The minimum atomic E-state index is -3.26. The third kappa shape index (κ3) is 4.43. The van der Waals surface area contributed by atoms with Gasteiger partial charge in [-0.1, -0.05) is 36.4 Å². The molecular weight excluding hydrogens is 288 g/mol. The smallest absolute Gasteiger partial charge is 0.175 e. The van der Waals surface area contributed by atoms with Gasteiger partial charge in [0.05, 0.1) is 11.5 Å². The Bertz CT molecular complexity index is 721. The number of Topliss-reactive ketones (excluding diaryl/α,β-unsaturated/α-hetero) is 1. The van der Waals surface area contributed by atoms with E-state index >= 15 is 0 Å². The van der Waals surface area contributed by atoms with Crippen LogP contribution in [0.15, 0.2) is 59.5 Å². The first-order chi connectivity index (χ1) is 9.97. The van der Waals surface area contributed by atoms with Crippen LogP contribution in [0.1, 0.15) is 16.8 Å². The number of hydrogen-bond donors (Lipinski definition) is 0. The van der Waals surface area contributed by atoms with Gasteiger partial charge in [0.2, 0.25) is 0 Å². The molecule has 0 bridgehead atoms. The lowest BCUT2D eigenvalue weighted by molar-refractivity contribution is 0.0962. The number of sulfone groups is 1. The molecule has 0 aromatic heterocycles. The minimum absolute atomic E-state index is 0.00475. The summed E-state index contributed by atoms with van der Waals surface area (Å²) in [6, 6.07) is 15.2. The predicted octanol–water partition coefficient (Wildman–Crippen LogP) is 2.74. The third-order valence-corrected chi connectivity index (χ3v) is 4.04. The molecule has 0 saturated carbocycles. The van der Waals surface area contributed by atoms with E-state index in [4.69, 9.17) is 4.74 Å². The van der Waals surface area contributed by atoms with E-state index in [0.717, 1.165) is 6.26 Å². The molecule has 2 aromatic carbocycles. The van der Waals surface area contributed by atoms with Crippen LogP contribution in [-0.4, -0.2) is 27.1 Å². The van der Waals surface area contributed by atoms with Gasteiger partial charge in [-0.15, -0.1) is 0 Å². The molecule has 4 nitrogen and oxygen atoms in total. The second kappa shape index (κ2) is 6.54. The zero-order valence-electron chi connectivity index (χ0n) is 11.7. The number of rotatable bonds is 6. The maximum absolute atomic E-state index is 11.9. The summed E-state index contributed by atoms with van der Waals surface area (Å²) < 4.78 is 28.3. The SMILES string of the molecule is CS(=O)(=O)c1cccc(OCCC(=O)c2ccccc2)c1. The van der Waals surface area contributed by atoms with Crippen molar-refractivity contribution < 1.29 is 17.9 Å².